The first kappa shape index (κ1) is 31.9. The van der Waals surface area contributed by atoms with E-state index in [0.717, 1.165) is 30.5 Å². The van der Waals surface area contributed by atoms with E-state index >= 15 is 4.39 Å². The molecule has 3 heterocycles. The fraction of sp³-hybridized carbons (Fsp3) is 0.483. The summed E-state index contributed by atoms with van der Waals surface area (Å²) in [7, 11) is 1.59. The first-order valence-electron chi connectivity index (χ1n) is 13.8. The molecule has 2 aliphatic rings. The highest BCUT2D eigenvalue weighted by molar-refractivity contribution is 7.92. The van der Waals surface area contributed by atoms with Crippen molar-refractivity contribution in [3.05, 3.63) is 42.0 Å². The molecule has 0 radical (unpaired) electrons. The maximum Gasteiger partial charge on any atom is 0.238 e. The Hall–Kier alpha value is -3.06. The number of halogens is 2. The summed E-state index contributed by atoms with van der Waals surface area (Å²) in [6, 6.07) is 4.88. The number of nitrogens with zero attached hydrogens (tertiary/aromatic N) is 4. The summed E-state index contributed by atoms with van der Waals surface area (Å²) >= 11 is 0. The number of rotatable bonds is 11. The normalized spacial score (nSPS) is 15.7. The lowest BCUT2D eigenvalue weighted by atomic mass is 9.64. The lowest BCUT2D eigenvalue weighted by molar-refractivity contribution is -0.125. The summed E-state index contributed by atoms with van der Waals surface area (Å²) in [5.41, 5.74) is 2.23. The van der Waals surface area contributed by atoms with Crippen molar-refractivity contribution < 1.29 is 22.3 Å². The lowest BCUT2D eigenvalue weighted by Crippen LogP contribution is -2.43. The average Bonchev–Trinajstić information content (AvgIpc) is 3.12. The fourth-order valence-electron chi connectivity index (χ4n) is 5.52. The van der Waals surface area contributed by atoms with Crippen LogP contribution in [0.25, 0.3) is 22.0 Å². The molecular formula is C29H38ClFN6O4S. The summed E-state index contributed by atoms with van der Waals surface area (Å²) in [5, 5.41) is 3.95. The number of likely N-dealkylation sites (N-methyl/N-ethyl adjacent to an activating group) is 1. The van der Waals surface area contributed by atoms with Gasteiger partial charge in [0, 0.05) is 60.5 Å². The first-order valence-corrected chi connectivity index (χ1v) is 15.5. The second-order valence-electron chi connectivity index (χ2n) is 11.4. The van der Waals surface area contributed by atoms with E-state index in [0.29, 0.717) is 29.6 Å². The van der Waals surface area contributed by atoms with Crippen molar-refractivity contribution in [1.29, 1.82) is 0 Å². The molecule has 42 heavy (non-hydrogen) atoms. The molecule has 1 aliphatic heterocycles. The Balaban J connectivity index is 0.00000405. The second kappa shape index (κ2) is 12.3. The summed E-state index contributed by atoms with van der Waals surface area (Å²) in [6.45, 7) is 5.16. The lowest BCUT2D eigenvalue weighted by Gasteiger charge is -2.37. The van der Waals surface area contributed by atoms with Gasteiger partial charge in [-0.1, -0.05) is 20.3 Å². The summed E-state index contributed by atoms with van der Waals surface area (Å²) in [6.07, 6.45) is 5.55. The number of carbonyl (C=O) groups excluding carboxylic acids is 1. The molecule has 0 atom stereocenters. The minimum atomic E-state index is -3.75. The number of amides is 1. The highest BCUT2D eigenvalue weighted by Gasteiger charge is 2.54. The molecular weight excluding hydrogens is 583 g/mol. The number of pyridine rings is 2. The molecule has 3 aromatic rings. The van der Waals surface area contributed by atoms with Crippen molar-refractivity contribution in [2.24, 2.45) is 0 Å². The van der Waals surface area contributed by atoms with Gasteiger partial charge in [0.2, 0.25) is 21.8 Å². The number of ether oxygens (including phenoxy) is 1. The molecule has 10 nitrogen and oxygen atoms in total. The van der Waals surface area contributed by atoms with Crippen LogP contribution in [0, 0.1) is 5.82 Å². The number of benzene rings is 1. The molecule has 13 heteroatoms. The fourth-order valence-corrected chi connectivity index (χ4v) is 6.71. The Bertz CT molecular complexity index is 1600. The van der Waals surface area contributed by atoms with E-state index < -0.39 is 21.3 Å². The molecule has 2 aromatic heterocycles. The van der Waals surface area contributed by atoms with Crippen molar-refractivity contribution in [1.82, 2.24) is 20.2 Å². The molecule has 1 saturated carbocycles. The maximum absolute atomic E-state index is 15.6. The van der Waals surface area contributed by atoms with Crippen molar-refractivity contribution in [2.75, 3.05) is 56.2 Å². The van der Waals surface area contributed by atoms with Crippen molar-refractivity contribution in [3.63, 3.8) is 0 Å². The topological polar surface area (TPSA) is 117 Å². The summed E-state index contributed by atoms with van der Waals surface area (Å²) < 4.78 is 49.8. The molecule has 0 unspecified atom stereocenters. The van der Waals surface area contributed by atoms with Gasteiger partial charge in [-0.15, -0.1) is 12.4 Å². The highest BCUT2D eigenvalue weighted by Crippen LogP contribution is 2.55. The molecule has 0 saturated heterocycles. The van der Waals surface area contributed by atoms with Gasteiger partial charge in [0.05, 0.1) is 28.6 Å². The van der Waals surface area contributed by atoms with Gasteiger partial charge in [-0.05, 0) is 39.1 Å². The van der Waals surface area contributed by atoms with Crippen LogP contribution in [-0.4, -0.2) is 81.8 Å². The number of carbonyl (C=O) groups is 1. The van der Waals surface area contributed by atoms with E-state index in [1.807, 2.05) is 13.8 Å². The largest absolute Gasteiger partial charge is 0.475 e. The number of sulfonamides is 1. The zero-order valence-electron chi connectivity index (χ0n) is 24.5. The zero-order chi connectivity index (χ0) is 29.5. The third kappa shape index (κ3) is 6.03. The van der Waals surface area contributed by atoms with E-state index in [1.54, 1.807) is 49.3 Å². The molecule has 1 aromatic carbocycles. The molecule has 1 aliphatic carbocycles. The molecule has 2 N–H and O–H groups in total. The Morgan fingerprint density at radius 2 is 1.90 bits per heavy atom. The van der Waals surface area contributed by atoms with Crippen molar-refractivity contribution in [2.45, 2.75) is 44.6 Å². The third-order valence-electron chi connectivity index (χ3n) is 7.83. The van der Waals surface area contributed by atoms with Crippen molar-refractivity contribution >= 4 is 50.6 Å². The molecule has 1 amide bonds. The van der Waals surface area contributed by atoms with Gasteiger partial charge in [0.1, 0.15) is 18.1 Å². The van der Waals surface area contributed by atoms with Gasteiger partial charge in [0.25, 0.3) is 0 Å². The Kier molecular flexibility index (Phi) is 9.31. The van der Waals surface area contributed by atoms with Crippen LogP contribution in [0.5, 0.6) is 5.88 Å². The van der Waals surface area contributed by atoms with E-state index in [9.17, 15) is 13.2 Å². The van der Waals surface area contributed by atoms with E-state index in [1.165, 1.54) is 12.3 Å². The third-order valence-corrected chi connectivity index (χ3v) is 9.08. The van der Waals surface area contributed by atoms with E-state index in [2.05, 4.69) is 20.0 Å². The van der Waals surface area contributed by atoms with Crippen LogP contribution < -0.4 is 19.7 Å². The zero-order valence-corrected chi connectivity index (χ0v) is 26.2. The monoisotopic (exact) mass is 620 g/mol. The first-order chi connectivity index (χ1) is 19.4. The van der Waals surface area contributed by atoms with E-state index in [-0.39, 0.29) is 53.8 Å². The Morgan fingerprint density at radius 3 is 2.55 bits per heavy atom. The van der Waals surface area contributed by atoms with Crippen LogP contribution in [0.1, 0.15) is 38.7 Å². The maximum atomic E-state index is 15.6. The number of fused-ring (bicyclic) bond motifs is 4. The van der Waals surface area contributed by atoms with Crippen LogP contribution in [0.2, 0.25) is 0 Å². The van der Waals surface area contributed by atoms with Gasteiger partial charge < -0.3 is 19.9 Å². The van der Waals surface area contributed by atoms with Crippen LogP contribution in [0.15, 0.2) is 30.6 Å². The molecule has 0 bridgehead atoms. The van der Waals surface area contributed by atoms with E-state index in [4.69, 9.17) is 4.74 Å². The number of aromatic nitrogens is 2. The van der Waals surface area contributed by atoms with Gasteiger partial charge in [-0.3, -0.25) is 14.5 Å². The minimum absolute atomic E-state index is 0. The van der Waals surface area contributed by atoms with Crippen molar-refractivity contribution in [3.8, 4) is 17.0 Å². The van der Waals surface area contributed by atoms with Crippen LogP contribution in [0.3, 0.4) is 0 Å². The van der Waals surface area contributed by atoms with Gasteiger partial charge in [0.15, 0.2) is 0 Å². The number of hydrogen-bond donors (Lipinski definition) is 2. The predicted octanol–water partition coefficient (Wildman–Crippen LogP) is 3.94. The summed E-state index contributed by atoms with van der Waals surface area (Å²) in [4.78, 5) is 25.5. The average molecular weight is 621 g/mol. The molecule has 5 rings (SSSR count). The number of anilines is 2. The number of hydrogen-bond acceptors (Lipinski definition) is 8. The molecule has 228 valence electrons. The standard InChI is InChI=1S/C29H37FN6O4S.ClH/c1-18(2)31-9-11-40-27-24(34-41(38,39)12-10-35(3)4)13-19(16-33-27)20-14-21-23(15-22(20)30)32-17-25-26(21)29(7-6-8-29)28(37)36(25)5;/h13-18,31,34H,6-12H2,1-5H3;1H. The van der Waals surface area contributed by atoms with Crippen LogP contribution >= 0.6 is 12.4 Å². The van der Waals surface area contributed by atoms with Gasteiger partial charge in [-0.2, -0.15) is 0 Å². The molecule has 1 fully saturated rings. The molecule has 1 spiro atoms. The predicted molar refractivity (Wildman–Crippen MR) is 166 cm³/mol. The number of nitrogens with one attached hydrogen (secondary N) is 2. The smallest absolute Gasteiger partial charge is 0.238 e. The Labute approximate surface area is 252 Å². The Morgan fingerprint density at radius 1 is 1.17 bits per heavy atom. The second-order valence-corrected chi connectivity index (χ2v) is 13.3. The highest BCUT2D eigenvalue weighted by atomic mass is 35.5. The minimum Gasteiger partial charge on any atom is -0.475 e. The SMILES string of the molecule is CC(C)NCCOc1ncc(-c2cc3c4c(cnc3cc2F)N(C)C(=O)C42CCC2)cc1NS(=O)(=O)CCN(C)C.Cl. The van der Waals surface area contributed by atoms with Crippen LogP contribution in [-0.2, 0) is 20.2 Å². The van der Waals surface area contributed by atoms with Crippen LogP contribution in [0.4, 0.5) is 15.8 Å². The quantitative estimate of drug-likeness (QED) is 0.310. The summed E-state index contributed by atoms with van der Waals surface area (Å²) in [5.74, 6) is -0.506. The van der Waals surface area contributed by atoms with Gasteiger partial charge >= 0.3 is 0 Å². The van der Waals surface area contributed by atoms with Gasteiger partial charge in [-0.25, -0.2) is 17.8 Å².